The number of nitriles is 1. The lowest BCUT2D eigenvalue weighted by Gasteiger charge is -2.15. The SMILES string of the molecule is CONC(NC#N)NCc1cnc(Cl)s1. The van der Waals surface area contributed by atoms with E-state index < -0.39 is 6.29 Å². The first-order valence-electron chi connectivity index (χ1n) is 4.03. The van der Waals surface area contributed by atoms with Crippen LogP contribution in [0.25, 0.3) is 0 Å². The summed E-state index contributed by atoms with van der Waals surface area (Å²) < 4.78 is 0.497. The van der Waals surface area contributed by atoms with Crippen LogP contribution in [0.2, 0.25) is 4.47 Å². The van der Waals surface area contributed by atoms with Gasteiger partial charge in [0.15, 0.2) is 16.9 Å². The maximum Gasteiger partial charge on any atom is 0.183 e. The molecule has 0 radical (unpaired) electrons. The van der Waals surface area contributed by atoms with E-state index in [1.807, 2.05) is 0 Å². The standard InChI is InChI=1S/C7H10ClN5OS/c1-14-13-7(12-4-9)11-3-5-2-10-6(8)15-5/h2,7,11-13H,3H2,1H3. The van der Waals surface area contributed by atoms with Gasteiger partial charge in [-0.25, -0.2) is 4.98 Å². The minimum atomic E-state index is -0.444. The van der Waals surface area contributed by atoms with E-state index in [2.05, 4.69) is 25.9 Å². The van der Waals surface area contributed by atoms with E-state index in [4.69, 9.17) is 16.9 Å². The van der Waals surface area contributed by atoms with Crippen molar-refractivity contribution in [3.05, 3.63) is 15.5 Å². The van der Waals surface area contributed by atoms with Crippen LogP contribution in [0, 0.1) is 11.5 Å². The maximum atomic E-state index is 8.44. The average molecular weight is 248 g/mol. The summed E-state index contributed by atoms with van der Waals surface area (Å²) in [6.07, 6.45) is 3.03. The number of hydrogen-bond donors (Lipinski definition) is 3. The van der Waals surface area contributed by atoms with Crippen molar-refractivity contribution >= 4 is 22.9 Å². The molecular weight excluding hydrogens is 238 g/mol. The molecule has 8 heteroatoms. The Bertz CT molecular complexity index is 338. The van der Waals surface area contributed by atoms with Crippen molar-refractivity contribution in [2.45, 2.75) is 12.8 Å². The molecule has 1 rings (SSSR count). The zero-order valence-corrected chi connectivity index (χ0v) is 9.52. The first kappa shape index (κ1) is 12.2. The highest BCUT2D eigenvalue weighted by molar-refractivity contribution is 7.15. The smallest absolute Gasteiger partial charge is 0.183 e. The molecule has 0 aliphatic rings. The van der Waals surface area contributed by atoms with Crippen molar-refractivity contribution in [3.8, 4) is 6.19 Å². The monoisotopic (exact) mass is 247 g/mol. The number of aromatic nitrogens is 1. The minimum Gasteiger partial charge on any atom is -0.302 e. The molecule has 1 atom stereocenters. The summed E-state index contributed by atoms with van der Waals surface area (Å²) in [6.45, 7) is 0.542. The van der Waals surface area contributed by atoms with Crippen LogP contribution < -0.4 is 16.1 Å². The first-order valence-corrected chi connectivity index (χ1v) is 5.22. The summed E-state index contributed by atoms with van der Waals surface area (Å²) in [5.41, 5.74) is 2.57. The van der Waals surface area contributed by atoms with Gasteiger partial charge >= 0.3 is 0 Å². The highest BCUT2D eigenvalue weighted by Crippen LogP contribution is 2.17. The summed E-state index contributed by atoms with van der Waals surface area (Å²) in [5, 5.41) is 13.9. The van der Waals surface area contributed by atoms with Gasteiger partial charge in [0.2, 0.25) is 0 Å². The fourth-order valence-electron chi connectivity index (χ4n) is 0.873. The summed E-state index contributed by atoms with van der Waals surface area (Å²) in [4.78, 5) is 9.55. The molecule has 0 saturated heterocycles. The molecule has 1 aromatic rings. The molecule has 1 unspecified atom stereocenters. The van der Waals surface area contributed by atoms with E-state index in [0.29, 0.717) is 11.0 Å². The largest absolute Gasteiger partial charge is 0.302 e. The number of thiazole rings is 1. The Morgan fingerprint density at radius 3 is 3.13 bits per heavy atom. The Morgan fingerprint density at radius 1 is 1.80 bits per heavy atom. The van der Waals surface area contributed by atoms with Gasteiger partial charge in [-0.3, -0.25) is 10.6 Å². The third-order valence-electron chi connectivity index (χ3n) is 1.45. The molecule has 0 saturated carbocycles. The van der Waals surface area contributed by atoms with Crippen LogP contribution in [0.3, 0.4) is 0 Å². The van der Waals surface area contributed by atoms with Crippen molar-refractivity contribution in [3.63, 3.8) is 0 Å². The zero-order valence-electron chi connectivity index (χ0n) is 7.95. The van der Waals surface area contributed by atoms with Crippen LogP contribution in [0.1, 0.15) is 4.88 Å². The van der Waals surface area contributed by atoms with Gasteiger partial charge in [0.25, 0.3) is 0 Å². The third kappa shape index (κ3) is 4.42. The minimum absolute atomic E-state index is 0.444. The molecular formula is C7H10ClN5OS. The van der Waals surface area contributed by atoms with Crippen molar-refractivity contribution in [1.29, 1.82) is 5.26 Å². The summed E-state index contributed by atoms with van der Waals surface area (Å²) >= 11 is 7.05. The third-order valence-corrected chi connectivity index (χ3v) is 2.57. The van der Waals surface area contributed by atoms with Crippen LogP contribution in [-0.2, 0) is 11.4 Å². The number of nitrogens with one attached hydrogen (secondary N) is 3. The Kier molecular flexibility index (Phi) is 5.31. The van der Waals surface area contributed by atoms with E-state index in [-0.39, 0.29) is 0 Å². The second kappa shape index (κ2) is 6.55. The van der Waals surface area contributed by atoms with Gasteiger partial charge in [0.05, 0.1) is 7.11 Å². The highest BCUT2D eigenvalue weighted by atomic mass is 35.5. The predicted octanol–water partition coefficient (Wildman–Crippen LogP) is 0.391. The summed E-state index contributed by atoms with van der Waals surface area (Å²) in [5.74, 6) is 0. The van der Waals surface area contributed by atoms with Crippen LogP contribution >= 0.6 is 22.9 Å². The average Bonchev–Trinajstić information content (AvgIpc) is 2.61. The molecule has 1 heterocycles. The lowest BCUT2D eigenvalue weighted by atomic mass is 10.5. The van der Waals surface area contributed by atoms with Gasteiger partial charge in [-0.05, 0) is 0 Å². The molecule has 0 aliphatic carbocycles. The van der Waals surface area contributed by atoms with E-state index in [0.717, 1.165) is 4.88 Å². The number of rotatable bonds is 6. The van der Waals surface area contributed by atoms with E-state index in [1.165, 1.54) is 18.4 Å². The van der Waals surface area contributed by atoms with Crippen LogP contribution in [0.5, 0.6) is 0 Å². The van der Waals surface area contributed by atoms with Crippen LogP contribution in [0.4, 0.5) is 0 Å². The van der Waals surface area contributed by atoms with E-state index in [1.54, 1.807) is 12.4 Å². The number of hydrogen-bond acceptors (Lipinski definition) is 7. The van der Waals surface area contributed by atoms with Crippen LogP contribution in [0.15, 0.2) is 6.20 Å². The molecule has 1 aromatic heterocycles. The molecule has 0 bridgehead atoms. The van der Waals surface area contributed by atoms with Gasteiger partial charge in [0.1, 0.15) is 0 Å². The van der Waals surface area contributed by atoms with Gasteiger partial charge in [-0.2, -0.15) is 10.7 Å². The molecule has 0 amide bonds. The molecule has 0 fully saturated rings. The zero-order chi connectivity index (χ0) is 11.1. The lowest BCUT2D eigenvalue weighted by molar-refractivity contribution is 0.0431. The fourth-order valence-corrected chi connectivity index (χ4v) is 1.80. The number of nitrogens with zero attached hydrogens (tertiary/aromatic N) is 2. The van der Waals surface area contributed by atoms with Crippen LogP contribution in [-0.4, -0.2) is 18.4 Å². The summed E-state index contributed by atoms with van der Waals surface area (Å²) in [7, 11) is 1.47. The van der Waals surface area contributed by atoms with E-state index in [9.17, 15) is 0 Å². The topological polar surface area (TPSA) is 82.0 Å². The molecule has 3 N–H and O–H groups in total. The quantitative estimate of drug-likeness (QED) is 0.292. The molecule has 0 spiro atoms. The van der Waals surface area contributed by atoms with Gasteiger partial charge in [-0.15, -0.1) is 11.3 Å². The molecule has 0 aromatic carbocycles. The van der Waals surface area contributed by atoms with Gasteiger partial charge < -0.3 is 4.84 Å². The lowest BCUT2D eigenvalue weighted by Crippen LogP contribution is -2.50. The van der Waals surface area contributed by atoms with Crippen molar-refractivity contribution in [2.24, 2.45) is 0 Å². The predicted molar refractivity (Wildman–Crippen MR) is 56.6 cm³/mol. The van der Waals surface area contributed by atoms with Gasteiger partial charge in [-0.1, -0.05) is 11.6 Å². The highest BCUT2D eigenvalue weighted by Gasteiger charge is 2.06. The number of halogens is 1. The Balaban J connectivity index is 2.36. The first-order chi connectivity index (χ1) is 7.26. The molecule has 82 valence electrons. The Hall–Kier alpha value is -0.910. The van der Waals surface area contributed by atoms with Crippen molar-refractivity contribution < 1.29 is 4.84 Å². The normalized spacial score (nSPS) is 12.1. The van der Waals surface area contributed by atoms with Crippen molar-refractivity contribution in [2.75, 3.05) is 7.11 Å². The molecule has 15 heavy (non-hydrogen) atoms. The number of hydroxylamine groups is 1. The summed E-state index contributed by atoms with van der Waals surface area (Å²) in [6, 6.07) is 0. The van der Waals surface area contributed by atoms with E-state index >= 15 is 0 Å². The Labute approximate surface area is 96.2 Å². The van der Waals surface area contributed by atoms with Gasteiger partial charge in [0, 0.05) is 17.6 Å². The maximum absolute atomic E-state index is 8.44. The second-order valence-corrected chi connectivity index (χ2v) is 4.17. The fraction of sp³-hybridized carbons (Fsp3) is 0.429. The molecule has 0 aliphatic heterocycles. The van der Waals surface area contributed by atoms with Crippen molar-refractivity contribution in [1.82, 2.24) is 21.1 Å². The molecule has 6 nitrogen and oxygen atoms in total. The Morgan fingerprint density at radius 2 is 2.60 bits per heavy atom. The second-order valence-electron chi connectivity index (χ2n) is 2.47.